The van der Waals surface area contributed by atoms with E-state index < -0.39 is 0 Å². The van der Waals surface area contributed by atoms with E-state index in [1.165, 1.54) is 19.3 Å². The van der Waals surface area contributed by atoms with E-state index in [9.17, 15) is 0 Å². The summed E-state index contributed by atoms with van der Waals surface area (Å²) in [6.07, 6.45) is 5.63. The predicted octanol–water partition coefficient (Wildman–Crippen LogP) is 2.60. The van der Waals surface area contributed by atoms with Crippen LogP contribution in [0.25, 0.3) is 0 Å². The number of nitrogens with one attached hydrogen (secondary N) is 1. The molecule has 0 bridgehead atoms. The minimum atomic E-state index is 0.342. The van der Waals surface area contributed by atoms with Gasteiger partial charge < -0.3 is 11.1 Å². The summed E-state index contributed by atoms with van der Waals surface area (Å²) in [5.41, 5.74) is 6.69. The lowest BCUT2D eigenvalue weighted by molar-refractivity contribution is 0.253. The van der Waals surface area contributed by atoms with Gasteiger partial charge in [0.1, 0.15) is 5.82 Å². The van der Waals surface area contributed by atoms with Crippen LogP contribution in [0.1, 0.15) is 38.7 Å². The summed E-state index contributed by atoms with van der Waals surface area (Å²) in [5.74, 6) is 2.69. The number of nitrogens with zero attached hydrogens (tertiary/aromatic N) is 2. The molecule has 0 aliphatic heterocycles. The van der Waals surface area contributed by atoms with Crippen LogP contribution in [-0.2, 0) is 0 Å². The van der Waals surface area contributed by atoms with Crippen molar-refractivity contribution in [2.45, 2.75) is 46.1 Å². The maximum Gasteiger partial charge on any atom is 0.221 e. The largest absolute Gasteiger partial charge is 0.368 e. The maximum absolute atomic E-state index is 5.63. The van der Waals surface area contributed by atoms with Gasteiger partial charge in [0.25, 0.3) is 0 Å². The number of nitrogen functional groups attached to an aromatic ring is 1. The first kappa shape index (κ1) is 12.1. The molecule has 1 heterocycles. The monoisotopic (exact) mass is 234 g/mol. The topological polar surface area (TPSA) is 63.8 Å². The van der Waals surface area contributed by atoms with Crippen LogP contribution >= 0.6 is 0 Å². The lowest BCUT2D eigenvalue weighted by Gasteiger charge is -2.35. The molecule has 1 aliphatic carbocycles. The van der Waals surface area contributed by atoms with Crippen molar-refractivity contribution < 1.29 is 0 Å². The second kappa shape index (κ2) is 4.90. The summed E-state index contributed by atoms with van der Waals surface area (Å²) in [5, 5.41) is 3.54. The Bertz CT molecular complexity index is 391. The number of hydrogen-bond acceptors (Lipinski definition) is 4. The number of nitrogens with two attached hydrogens (primary N) is 1. The van der Waals surface area contributed by atoms with E-state index >= 15 is 0 Å². The third kappa shape index (κ3) is 2.68. The van der Waals surface area contributed by atoms with Crippen LogP contribution in [0.2, 0.25) is 0 Å². The van der Waals surface area contributed by atoms with Crippen molar-refractivity contribution in [3.8, 4) is 0 Å². The first-order valence-corrected chi connectivity index (χ1v) is 6.43. The molecule has 0 spiro atoms. The molecule has 94 valence electrons. The minimum Gasteiger partial charge on any atom is -0.368 e. The van der Waals surface area contributed by atoms with Crippen molar-refractivity contribution in [3.63, 3.8) is 0 Å². The first-order valence-electron chi connectivity index (χ1n) is 6.43. The molecule has 0 amide bonds. The molecule has 1 fully saturated rings. The normalized spacial score (nSPS) is 29.0. The molecular formula is C13H22N4. The Morgan fingerprint density at radius 3 is 2.88 bits per heavy atom. The Hall–Kier alpha value is -1.32. The average Bonchev–Trinajstić information content (AvgIpc) is 2.30. The average molecular weight is 234 g/mol. The Morgan fingerprint density at radius 2 is 2.12 bits per heavy atom. The molecule has 4 heteroatoms. The van der Waals surface area contributed by atoms with Gasteiger partial charge in [0.15, 0.2) is 0 Å². The summed E-state index contributed by atoms with van der Waals surface area (Å²) in [6, 6.07) is 0.506. The van der Waals surface area contributed by atoms with Gasteiger partial charge in [-0.25, -0.2) is 4.98 Å². The first-order chi connectivity index (χ1) is 8.08. The van der Waals surface area contributed by atoms with E-state index in [4.69, 9.17) is 5.73 Å². The van der Waals surface area contributed by atoms with Gasteiger partial charge in [0.05, 0.1) is 0 Å². The summed E-state index contributed by atoms with van der Waals surface area (Å²) in [7, 11) is 0. The van der Waals surface area contributed by atoms with Gasteiger partial charge in [-0.15, -0.1) is 0 Å². The van der Waals surface area contributed by atoms with Crippen LogP contribution < -0.4 is 11.1 Å². The zero-order chi connectivity index (χ0) is 12.4. The van der Waals surface area contributed by atoms with Gasteiger partial charge in [-0.05, 0) is 25.2 Å². The van der Waals surface area contributed by atoms with Gasteiger partial charge >= 0.3 is 0 Å². The zero-order valence-corrected chi connectivity index (χ0v) is 10.9. The molecule has 1 aromatic rings. The fourth-order valence-electron chi connectivity index (χ4n) is 2.56. The van der Waals surface area contributed by atoms with E-state index in [1.807, 2.05) is 6.92 Å². The summed E-state index contributed by atoms with van der Waals surface area (Å²) in [4.78, 5) is 8.27. The highest BCUT2D eigenvalue weighted by Gasteiger charge is 2.27. The van der Waals surface area contributed by atoms with Crippen molar-refractivity contribution >= 4 is 11.8 Å². The molecule has 4 nitrogen and oxygen atoms in total. The lowest BCUT2D eigenvalue weighted by Crippen LogP contribution is -2.35. The van der Waals surface area contributed by atoms with Crippen molar-refractivity contribution in [1.29, 1.82) is 0 Å². The Kier molecular flexibility index (Phi) is 3.50. The van der Waals surface area contributed by atoms with Gasteiger partial charge in [-0.3, -0.25) is 0 Å². The van der Waals surface area contributed by atoms with Crippen LogP contribution in [0, 0.1) is 18.8 Å². The van der Waals surface area contributed by atoms with Crippen molar-refractivity contribution in [2.75, 3.05) is 11.1 Å². The Morgan fingerprint density at radius 1 is 1.35 bits per heavy atom. The predicted molar refractivity (Wildman–Crippen MR) is 70.8 cm³/mol. The van der Waals surface area contributed by atoms with Crippen LogP contribution in [-0.4, -0.2) is 16.0 Å². The summed E-state index contributed by atoms with van der Waals surface area (Å²) >= 11 is 0. The maximum atomic E-state index is 5.63. The zero-order valence-electron chi connectivity index (χ0n) is 10.9. The van der Waals surface area contributed by atoms with Crippen molar-refractivity contribution in [2.24, 2.45) is 11.8 Å². The molecule has 1 saturated carbocycles. The van der Waals surface area contributed by atoms with Crippen LogP contribution in [0.4, 0.5) is 11.8 Å². The van der Waals surface area contributed by atoms with Crippen LogP contribution in [0.15, 0.2) is 6.20 Å². The molecule has 3 atom stereocenters. The van der Waals surface area contributed by atoms with E-state index in [2.05, 4.69) is 29.1 Å². The number of rotatable bonds is 2. The molecule has 3 N–H and O–H groups in total. The van der Waals surface area contributed by atoms with Crippen LogP contribution in [0.3, 0.4) is 0 Å². The Labute approximate surface area is 103 Å². The lowest BCUT2D eigenvalue weighted by atomic mass is 9.78. The number of hydrogen-bond donors (Lipinski definition) is 2. The molecule has 1 aromatic heterocycles. The van der Waals surface area contributed by atoms with E-state index in [0.29, 0.717) is 17.9 Å². The second-order valence-corrected chi connectivity index (χ2v) is 5.28. The van der Waals surface area contributed by atoms with Gasteiger partial charge in [0, 0.05) is 17.8 Å². The van der Waals surface area contributed by atoms with E-state index in [-0.39, 0.29) is 0 Å². The molecule has 0 saturated heterocycles. The van der Waals surface area contributed by atoms with Crippen molar-refractivity contribution in [1.82, 2.24) is 9.97 Å². The second-order valence-electron chi connectivity index (χ2n) is 5.28. The molecule has 1 aliphatic rings. The fourth-order valence-corrected chi connectivity index (χ4v) is 2.56. The third-order valence-electron chi connectivity index (χ3n) is 4.02. The summed E-state index contributed by atoms with van der Waals surface area (Å²) < 4.78 is 0. The highest BCUT2D eigenvalue weighted by molar-refractivity contribution is 5.46. The number of aryl methyl sites for hydroxylation is 1. The molecule has 0 aromatic carbocycles. The van der Waals surface area contributed by atoms with E-state index in [0.717, 1.165) is 17.3 Å². The third-order valence-corrected chi connectivity index (χ3v) is 4.02. The molecule has 0 radical (unpaired) electrons. The highest BCUT2D eigenvalue weighted by atomic mass is 15.1. The number of aromatic nitrogens is 2. The minimum absolute atomic E-state index is 0.342. The van der Waals surface area contributed by atoms with Crippen LogP contribution in [0.5, 0.6) is 0 Å². The van der Waals surface area contributed by atoms with Gasteiger partial charge in [0.2, 0.25) is 5.95 Å². The van der Waals surface area contributed by atoms with E-state index in [1.54, 1.807) is 6.20 Å². The van der Waals surface area contributed by atoms with Gasteiger partial charge in [-0.2, -0.15) is 4.98 Å². The highest BCUT2D eigenvalue weighted by Crippen LogP contribution is 2.31. The van der Waals surface area contributed by atoms with Gasteiger partial charge in [-0.1, -0.05) is 26.7 Å². The number of anilines is 2. The fraction of sp³-hybridized carbons (Fsp3) is 0.692. The molecule has 17 heavy (non-hydrogen) atoms. The molecule has 3 unspecified atom stereocenters. The molecular weight excluding hydrogens is 212 g/mol. The molecule has 2 rings (SSSR count). The summed E-state index contributed by atoms with van der Waals surface area (Å²) in [6.45, 7) is 6.67. The SMILES string of the molecule is Cc1cnc(N)nc1NC1CCCC(C)C1C. The standard InChI is InChI=1S/C13H22N4/c1-8-5-4-6-11(10(8)3)16-12-9(2)7-15-13(14)17-12/h7-8,10-11H,4-6H2,1-3H3,(H3,14,15,16,17). The smallest absolute Gasteiger partial charge is 0.221 e. The van der Waals surface area contributed by atoms with Crippen molar-refractivity contribution in [3.05, 3.63) is 11.8 Å². The quantitative estimate of drug-likeness (QED) is 0.825. The Balaban J connectivity index is 2.11.